The highest BCUT2D eigenvalue weighted by molar-refractivity contribution is 5.98. The molecule has 0 radical (unpaired) electrons. The standard InChI is InChI=1S/C28H26N4O3/c1-18(28(34)30-15-25-19(2)23-10-6-7-11-24(23)35-25)12-20-13-21-16-32(22-8-4-3-5-9-22)17-26(33)31-27(21)29-14-20/h3-14H,15-17H2,1-2H3,(H,30,34)(H,29,31,33). The van der Waals surface area contributed by atoms with E-state index in [0.29, 0.717) is 24.5 Å². The third-order valence-corrected chi connectivity index (χ3v) is 6.16. The zero-order chi connectivity index (χ0) is 24.4. The summed E-state index contributed by atoms with van der Waals surface area (Å²) in [4.78, 5) is 31.6. The summed E-state index contributed by atoms with van der Waals surface area (Å²) in [6.45, 7) is 4.85. The van der Waals surface area contributed by atoms with Gasteiger partial charge in [-0.25, -0.2) is 4.98 Å². The molecule has 0 saturated carbocycles. The van der Waals surface area contributed by atoms with Gasteiger partial charge < -0.3 is 20.0 Å². The third-order valence-electron chi connectivity index (χ3n) is 6.16. The number of aromatic nitrogens is 1. The van der Waals surface area contributed by atoms with Crippen LogP contribution in [-0.4, -0.2) is 23.3 Å². The van der Waals surface area contributed by atoms with Crippen molar-refractivity contribution in [2.24, 2.45) is 0 Å². The maximum Gasteiger partial charge on any atom is 0.247 e. The lowest BCUT2D eigenvalue weighted by Gasteiger charge is -2.21. The molecular formula is C28H26N4O3. The number of rotatable bonds is 5. The van der Waals surface area contributed by atoms with E-state index in [1.54, 1.807) is 19.2 Å². The maximum atomic E-state index is 12.8. The Morgan fingerprint density at radius 1 is 1.14 bits per heavy atom. The molecule has 2 aromatic heterocycles. The van der Waals surface area contributed by atoms with E-state index in [0.717, 1.165) is 39.1 Å². The van der Waals surface area contributed by atoms with E-state index < -0.39 is 0 Å². The summed E-state index contributed by atoms with van der Waals surface area (Å²) in [5.41, 5.74) is 5.04. The quantitative estimate of drug-likeness (QED) is 0.412. The number of hydrogen-bond acceptors (Lipinski definition) is 5. The van der Waals surface area contributed by atoms with Crippen molar-refractivity contribution in [3.63, 3.8) is 0 Å². The summed E-state index contributed by atoms with van der Waals surface area (Å²) in [5.74, 6) is 1.00. The number of amides is 2. The van der Waals surface area contributed by atoms with Crippen LogP contribution in [0.1, 0.15) is 29.4 Å². The van der Waals surface area contributed by atoms with Crippen LogP contribution in [-0.2, 0) is 22.7 Å². The molecule has 176 valence electrons. The van der Waals surface area contributed by atoms with Crippen LogP contribution < -0.4 is 15.5 Å². The summed E-state index contributed by atoms with van der Waals surface area (Å²) in [6, 6.07) is 19.6. The molecular weight excluding hydrogens is 440 g/mol. The predicted octanol–water partition coefficient (Wildman–Crippen LogP) is 4.81. The third kappa shape index (κ3) is 4.80. The summed E-state index contributed by atoms with van der Waals surface area (Å²) in [6.07, 6.45) is 3.46. The number of nitrogens with zero attached hydrogens (tertiary/aromatic N) is 2. The van der Waals surface area contributed by atoms with Gasteiger partial charge in [-0.1, -0.05) is 36.4 Å². The Kier molecular flexibility index (Phi) is 6.06. The second kappa shape index (κ2) is 9.46. The average molecular weight is 467 g/mol. The van der Waals surface area contributed by atoms with Gasteiger partial charge >= 0.3 is 0 Å². The second-order valence-corrected chi connectivity index (χ2v) is 8.67. The average Bonchev–Trinajstić information content (AvgIpc) is 3.08. The zero-order valence-electron chi connectivity index (χ0n) is 19.7. The van der Waals surface area contributed by atoms with E-state index in [9.17, 15) is 9.59 Å². The second-order valence-electron chi connectivity index (χ2n) is 8.67. The normalized spacial score (nSPS) is 13.8. The van der Waals surface area contributed by atoms with Gasteiger partial charge in [0, 0.05) is 40.5 Å². The van der Waals surface area contributed by atoms with Gasteiger partial charge in [-0.15, -0.1) is 0 Å². The molecule has 7 heteroatoms. The Balaban J connectivity index is 1.32. The number of furan rings is 1. The van der Waals surface area contributed by atoms with Crippen LogP contribution in [0.3, 0.4) is 0 Å². The summed E-state index contributed by atoms with van der Waals surface area (Å²) < 4.78 is 5.89. The number of carbonyl (C=O) groups excluding carboxylic acids is 2. The van der Waals surface area contributed by atoms with Crippen molar-refractivity contribution in [1.82, 2.24) is 10.3 Å². The van der Waals surface area contributed by atoms with E-state index >= 15 is 0 Å². The van der Waals surface area contributed by atoms with E-state index in [4.69, 9.17) is 4.42 Å². The number of aryl methyl sites for hydroxylation is 1. The van der Waals surface area contributed by atoms with Gasteiger partial charge in [0.1, 0.15) is 17.2 Å². The molecule has 0 aliphatic carbocycles. The molecule has 0 bridgehead atoms. The van der Waals surface area contributed by atoms with E-state index in [1.807, 2.05) is 72.5 Å². The minimum absolute atomic E-state index is 0.111. The number of pyridine rings is 1. The fraction of sp³-hybridized carbons (Fsp3) is 0.179. The smallest absolute Gasteiger partial charge is 0.247 e. The van der Waals surface area contributed by atoms with Gasteiger partial charge in [-0.2, -0.15) is 0 Å². The zero-order valence-corrected chi connectivity index (χ0v) is 19.7. The first-order valence-corrected chi connectivity index (χ1v) is 11.5. The van der Waals surface area contributed by atoms with Crippen molar-refractivity contribution < 1.29 is 14.0 Å². The lowest BCUT2D eigenvalue weighted by atomic mass is 10.1. The molecule has 2 N–H and O–H groups in total. The lowest BCUT2D eigenvalue weighted by molar-refractivity contribution is -0.117. The van der Waals surface area contributed by atoms with Gasteiger partial charge in [0.25, 0.3) is 0 Å². The van der Waals surface area contributed by atoms with E-state index in [2.05, 4.69) is 15.6 Å². The molecule has 2 amide bonds. The molecule has 1 aliphatic rings. The highest BCUT2D eigenvalue weighted by Crippen LogP contribution is 2.26. The first-order valence-electron chi connectivity index (χ1n) is 11.5. The Morgan fingerprint density at radius 3 is 2.71 bits per heavy atom. The Labute approximate surface area is 203 Å². The van der Waals surface area contributed by atoms with Gasteiger partial charge in [0.15, 0.2) is 0 Å². The first-order chi connectivity index (χ1) is 17.0. The van der Waals surface area contributed by atoms with E-state index in [-0.39, 0.29) is 18.4 Å². The SMILES string of the molecule is CC(=Cc1cnc2c(c1)CN(c1ccccc1)CC(=O)N2)C(=O)NCc1oc2ccccc2c1C. The number of para-hydroxylation sites is 2. The number of benzene rings is 2. The van der Waals surface area contributed by atoms with Crippen molar-refractivity contribution in [2.45, 2.75) is 26.9 Å². The number of hydrogen-bond donors (Lipinski definition) is 2. The highest BCUT2D eigenvalue weighted by atomic mass is 16.3. The van der Waals surface area contributed by atoms with Crippen LogP contribution >= 0.6 is 0 Å². The Morgan fingerprint density at radius 2 is 1.91 bits per heavy atom. The highest BCUT2D eigenvalue weighted by Gasteiger charge is 2.21. The van der Waals surface area contributed by atoms with Crippen molar-refractivity contribution >= 4 is 40.4 Å². The summed E-state index contributed by atoms with van der Waals surface area (Å²) >= 11 is 0. The predicted molar refractivity (Wildman–Crippen MR) is 137 cm³/mol. The molecule has 35 heavy (non-hydrogen) atoms. The van der Waals surface area contributed by atoms with Crippen LogP contribution in [0.2, 0.25) is 0 Å². The minimum atomic E-state index is -0.181. The lowest BCUT2D eigenvalue weighted by Crippen LogP contribution is -2.29. The Hall–Kier alpha value is -4.39. The molecule has 0 fully saturated rings. The molecule has 0 saturated heterocycles. The van der Waals surface area contributed by atoms with Crippen LogP contribution in [0.4, 0.5) is 11.5 Å². The molecule has 3 heterocycles. The van der Waals surface area contributed by atoms with Gasteiger partial charge in [-0.05, 0) is 49.8 Å². The minimum Gasteiger partial charge on any atom is -0.459 e. The van der Waals surface area contributed by atoms with Gasteiger partial charge in [0.05, 0.1) is 13.1 Å². The van der Waals surface area contributed by atoms with Crippen LogP contribution in [0.5, 0.6) is 0 Å². The fourth-order valence-electron chi connectivity index (χ4n) is 4.28. The van der Waals surface area contributed by atoms with Gasteiger partial charge in [0.2, 0.25) is 11.8 Å². The molecule has 0 spiro atoms. The molecule has 2 aromatic carbocycles. The van der Waals surface area contributed by atoms with Crippen LogP contribution in [0.15, 0.2) is 76.9 Å². The first kappa shape index (κ1) is 22.4. The van der Waals surface area contributed by atoms with Crippen LogP contribution in [0.25, 0.3) is 17.0 Å². The van der Waals surface area contributed by atoms with Crippen molar-refractivity contribution in [1.29, 1.82) is 0 Å². The Bertz CT molecular complexity index is 1440. The summed E-state index contributed by atoms with van der Waals surface area (Å²) in [7, 11) is 0. The number of anilines is 2. The largest absolute Gasteiger partial charge is 0.459 e. The molecule has 0 atom stereocenters. The molecule has 4 aromatic rings. The monoisotopic (exact) mass is 466 g/mol. The molecule has 5 rings (SSSR count). The number of fused-ring (bicyclic) bond motifs is 2. The van der Waals surface area contributed by atoms with Crippen LogP contribution in [0, 0.1) is 6.92 Å². The van der Waals surface area contributed by atoms with E-state index in [1.165, 1.54) is 0 Å². The van der Waals surface area contributed by atoms with Crippen molar-refractivity contribution in [2.75, 3.05) is 16.8 Å². The fourth-order valence-corrected chi connectivity index (χ4v) is 4.28. The number of carbonyl (C=O) groups is 2. The van der Waals surface area contributed by atoms with Crippen molar-refractivity contribution in [3.8, 4) is 0 Å². The number of nitrogens with one attached hydrogen (secondary N) is 2. The molecule has 0 unspecified atom stereocenters. The van der Waals surface area contributed by atoms with Crippen molar-refractivity contribution in [3.05, 3.63) is 94.9 Å². The maximum absolute atomic E-state index is 12.8. The molecule has 7 nitrogen and oxygen atoms in total. The summed E-state index contributed by atoms with van der Waals surface area (Å²) in [5, 5.41) is 6.87. The van der Waals surface area contributed by atoms with Gasteiger partial charge in [-0.3, -0.25) is 9.59 Å². The topological polar surface area (TPSA) is 87.5 Å². The molecule has 1 aliphatic heterocycles.